The largest absolute Gasteiger partial charge is 0.346 e. The molecule has 1 aliphatic carbocycles. The number of aromatic nitrogens is 1. The van der Waals surface area contributed by atoms with Crippen molar-refractivity contribution < 1.29 is 4.79 Å². The summed E-state index contributed by atoms with van der Waals surface area (Å²) >= 11 is 1.70. The number of anilines is 1. The van der Waals surface area contributed by atoms with E-state index in [0.29, 0.717) is 12.3 Å². The van der Waals surface area contributed by atoms with E-state index in [1.165, 1.54) is 17.5 Å². The van der Waals surface area contributed by atoms with E-state index in [4.69, 9.17) is 4.98 Å². The smallest absolute Gasteiger partial charge is 0.186 e. The van der Waals surface area contributed by atoms with Gasteiger partial charge < -0.3 is 10.2 Å². The lowest BCUT2D eigenvalue weighted by Gasteiger charge is -2.26. The molecule has 1 fully saturated rings. The van der Waals surface area contributed by atoms with Crippen LogP contribution in [0.5, 0.6) is 0 Å². The van der Waals surface area contributed by atoms with E-state index in [0.717, 1.165) is 59.9 Å². The van der Waals surface area contributed by atoms with Crippen molar-refractivity contribution in [3.05, 3.63) is 59.2 Å². The van der Waals surface area contributed by atoms with E-state index in [2.05, 4.69) is 34.5 Å². The highest BCUT2D eigenvalue weighted by molar-refractivity contribution is 7.22. The third-order valence-corrected chi connectivity index (χ3v) is 7.14. The number of hydrogen-bond donors (Lipinski definition) is 1. The second kappa shape index (κ2) is 7.64. The fourth-order valence-electron chi connectivity index (χ4n) is 4.47. The van der Waals surface area contributed by atoms with Crippen LogP contribution in [0.3, 0.4) is 0 Å². The number of aryl methyl sites for hydroxylation is 1. The third kappa shape index (κ3) is 3.45. The van der Waals surface area contributed by atoms with Gasteiger partial charge in [-0.2, -0.15) is 0 Å². The number of rotatable bonds is 5. The van der Waals surface area contributed by atoms with Gasteiger partial charge in [0.25, 0.3) is 0 Å². The average Bonchev–Trinajstić information content (AvgIpc) is 3.36. The summed E-state index contributed by atoms with van der Waals surface area (Å²) in [5.74, 6) is 0.787. The summed E-state index contributed by atoms with van der Waals surface area (Å²) in [5, 5.41) is 4.45. The number of fused-ring (bicyclic) bond motifs is 2. The zero-order chi connectivity index (χ0) is 18.9. The lowest BCUT2D eigenvalue weighted by Crippen LogP contribution is -2.43. The van der Waals surface area contributed by atoms with Gasteiger partial charge in [0.05, 0.1) is 10.2 Å². The van der Waals surface area contributed by atoms with Crippen molar-refractivity contribution in [3.8, 4) is 0 Å². The van der Waals surface area contributed by atoms with Gasteiger partial charge in [0.2, 0.25) is 0 Å². The molecule has 4 nitrogen and oxygen atoms in total. The third-order valence-electron chi connectivity index (χ3n) is 6.06. The summed E-state index contributed by atoms with van der Waals surface area (Å²) < 4.78 is 1.12. The maximum atomic E-state index is 12.8. The predicted octanol–water partition coefficient (Wildman–Crippen LogP) is 4.40. The molecule has 1 aromatic heterocycles. The van der Waals surface area contributed by atoms with Crippen molar-refractivity contribution in [2.45, 2.75) is 31.6 Å². The molecule has 5 heteroatoms. The Labute approximate surface area is 169 Å². The molecule has 1 aliphatic heterocycles. The molecule has 0 bridgehead atoms. The lowest BCUT2D eigenvalue weighted by molar-refractivity contribution is 0.0977. The quantitative estimate of drug-likeness (QED) is 0.655. The fourth-order valence-corrected chi connectivity index (χ4v) is 5.53. The molecule has 144 valence electrons. The van der Waals surface area contributed by atoms with Crippen molar-refractivity contribution in [1.29, 1.82) is 0 Å². The molecule has 2 heterocycles. The molecular formula is C23H25N3OS. The van der Waals surface area contributed by atoms with Crippen LogP contribution in [0.25, 0.3) is 10.2 Å². The van der Waals surface area contributed by atoms with E-state index in [1.54, 1.807) is 11.3 Å². The number of nitrogens with zero attached hydrogens (tertiary/aromatic N) is 2. The first-order chi connectivity index (χ1) is 13.8. The number of piperazine rings is 1. The van der Waals surface area contributed by atoms with Gasteiger partial charge in [-0.25, -0.2) is 4.98 Å². The Morgan fingerprint density at radius 1 is 1.18 bits per heavy atom. The number of carbonyl (C=O) groups is 1. The molecule has 28 heavy (non-hydrogen) atoms. The first-order valence-electron chi connectivity index (χ1n) is 10.3. The van der Waals surface area contributed by atoms with E-state index in [1.807, 2.05) is 18.2 Å². The molecule has 0 unspecified atom stereocenters. The molecule has 3 aromatic rings. The Hall–Kier alpha value is -2.24. The summed E-state index contributed by atoms with van der Waals surface area (Å²) in [6.07, 6.45) is 3.89. The number of benzene rings is 2. The summed E-state index contributed by atoms with van der Waals surface area (Å²) in [7, 11) is 0. The number of carbonyl (C=O) groups excluding carboxylic acids is 1. The monoisotopic (exact) mass is 391 g/mol. The van der Waals surface area contributed by atoms with Crippen LogP contribution < -0.4 is 10.2 Å². The van der Waals surface area contributed by atoms with E-state index < -0.39 is 0 Å². The van der Waals surface area contributed by atoms with Crippen LogP contribution in [0.1, 0.15) is 46.7 Å². The van der Waals surface area contributed by atoms with Gasteiger partial charge in [-0.15, -0.1) is 0 Å². The van der Waals surface area contributed by atoms with Gasteiger partial charge >= 0.3 is 0 Å². The minimum atomic E-state index is 0.253. The van der Waals surface area contributed by atoms with Crippen molar-refractivity contribution in [3.63, 3.8) is 0 Å². The number of thiazole rings is 1. The predicted molar refractivity (Wildman–Crippen MR) is 116 cm³/mol. The van der Waals surface area contributed by atoms with Gasteiger partial charge in [-0.05, 0) is 54.5 Å². The Morgan fingerprint density at radius 3 is 2.93 bits per heavy atom. The summed E-state index contributed by atoms with van der Waals surface area (Å²) in [6.45, 7) is 4.00. The van der Waals surface area contributed by atoms with Gasteiger partial charge in [-0.3, -0.25) is 4.79 Å². The molecular weight excluding hydrogens is 366 g/mol. The van der Waals surface area contributed by atoms with E-state index >= 15 is 0 Å². The first-order valence-corrected chi connectivity index (χ1v) is 11.1. The SMILES string of the molecule is O=C(CC[C@@H]1CCc2ccccc21)c1ccc2nc(N3CCNCC3)sc2c1. The van der Waals surface area contributed by atoms with Crippen LogP contribution >= 0.6 is 11.3 Å². The van der Waals surface area contributed by atoms with Crippen molar-refractivity contribution in [2.75, 3.05) is 31.1 Å². The second-order valence-electron chi connectivity index (χ2n) is 7.81. The normalized spacial score (nSPS) is 19.1. The molecule has 1 atom stereocenters. The van der Waals surface area contributed by atoms with Crippen LogP contribution in [0, 0.1) is 0 Å². The average molecular weight is 392 g/mol. The summed E-state index contributed by atoms with van der Waals surface area (Å²) in [4.78, 5) is 19.9. The molecule has 1 saturated heterocycles. The number of hydrogen-bond acceptors (Lipinski definition) is 5. The standard InChI is InChI=1S/C23H25N3OS/c27-21(10-8-17-6-5-16-3-1-2-4-19(16)17)18-7-9-20-22(15-18)28-23(25-20)26-13-11-24-12-14-26/h1-4,7,9,15,17,24H,5-6,8,10-14H2/t17-/m0/s1. The molecule has 1 N–H and O–H groups in total. The molecule has 2 aromatic carbocycles. The van der Waals surface area contributed by atoms with Gasteiger partial charge in [0.15, 0.2) is 10.9 Å². The molecule has 0 saturated carbocycles. The van der Waals surface area contributed by atoms with Gasteiger partial charge in [0, 0.05) is 38.2 Å². The zero-order valence-corrected chi connectivity index (χ0v) is 16.8. The number of ketones is 1. The fraction of sp³-hybridized carbons (Fsp3) is 0.391. The van der Waals surface area contributed by atoms with E-state index in [9.17, 15) is 4.79 Å². The van der Waals surface area contributed by atoms with Crippen LogP contribution in [0.15, 0.2) is 42.5 Å². The Morgan fingerprint density at radius 2 is 2.04 bits per heavy atom. The van der Waals surface area contributed by atoms with Gasteiger partial charge in [-0.1, -0.05) is 35.6 Å². The van der Waals surface area contributed by atoms with Crippen molar-refractivity contribution >= 4 is 32.5 Å². The molecule has 0 radical (unpaired) electrons. The molecule has 5 rings (SSSR count). The summed E-state index contributed by atoms with van der Waals surface area (Å²) in [6, 6.07) is 14.7. The van der Waals surface area contributed by atoms with Crippen LogP contribution in [0.4, 0.5) is 5.13 Å². The highest BCUT2D eigenvalue weighted by atomic mass is 32.1. The highest BCUT2D eigenvalue weighted by Crippen LogP contribution is 2.36. The summed E-state index contributed by atoms with van der Waals surface area (Å²) in [5.41, 5.74) is 4.74. The van der Waals surface area contributed by atoms with Crippen molar-refractivity contribution in [1.82, 2.24) is 10.3 Å². The zero-order valence-electron chi connectivity index (χ0n) is 16.0. The molecule has 0 spiro atoms. The number of Topliss-reactive ketones (excluding diaryl/α,β-unsaturated/α-hetero) is 1. The Kier molecular flexibility index (Phi) is 4.87. The Bertz CT molecular complexity index is 1010. The molecule has 2 aliphatic rings. The minimum absolute atomic E-state index is 0.253. The van der Waals surface area contributed by atoms with Crippen LogP contribution in [-0.4, -0.2) is 36.9 Å². The maximum Gasteiger partial charge on any atom is 0.186 e. The topological polar surface area (TPSA) is 45.2 Å². The van der Waals surface area contributed by atoms with E-state index in [-0.39, 0.29) is 5.78 Å². The maximum absolute atomic E-state index is 12.8. The Balaban J connectivity index is 1.28. The number of nitrogens with one attached hydrogen (secondary N) is 1. The van der Waals surface area contributed by atoms with Crippen molar-refractivity contribution in [2.24, 2.45) is 0 Å². The minimum Gasteiger partial charge on any atom is -0.346 e. The second-order valence-corrected chi connectivity index (χ2v) is 8.82. The first kappa shape index (κ1) is 17.8. The highest BCUT2D eigenvalue weighted by Gasteiger charge is 2.23. The van der Waals surface area contributed by atoms with Crippen LogP contribution in [-0.2, 0) is 6.42 Å². The molecule has 0 amide bonds. The van der Waals surface area contributed by atoms with Crippen LogP contribution in [0.2, 0.25) is 0 Å². The van der Waals surface area contributed by atoms with Gasteiger partial charge in [0.1, 0.15) is 0 Å². The lowest BCUT2D eigenvalue weighted by atomic mass is 9.93.